The van der Waals surface area contributed by atoms with Crippen molar-refractivity contribution >= 4 is 39.5 Å². The minimum atomic E-state index is -4.93. The van der Waals surface area contributed by atoms with Crippen LogP contribution in [-0.2, 0) is 65.4 Å². The first-order chi connectivity index (χ1) is 35.5. The summed E-state index contributed by atoms with van der Waals surface area (Å²) >= 11 is 0. The van der Waals surface area contributed by atoms with Gasteiger partial charge in [0.15, 0.2) is 12.2 Å². The van der Waals surface area contributed by atoms with Gasteiger partial charge in [-0.3, -0.25) is 37.3 Å². The molecule has 0 heterocycles. The lowest BCUT2D eigenvalue weighted by molar-refractivity contribution is -0.161. The van der Waals surface area contributed by atoms with Crippen molar-refractivity contribution in [3.63, 3.8) is 0 Å². The lowest BCUT2D eigenvalue weighted by Crippen LogP contribution is -2.30. The van der Waals surface area contributed by atoms with E-state index in [1.807, 2.05) is 0 Å². The number of ether oxygens (including phenoxy) is 4. The monoisotopic (exact) mass is 1100 g/mol. The van der Waals surface area contributed by atoms with Crippen molar-refractivity contribution in [3.05, 3.63) is 0 Å². The minimum Gasteiger partial charge on any atom is -0.462 e. The van der Waals surface area contributed by atoms with Crippen LogP contribution in [0.3, 0.4) is 0 Å². The van der Waals surface area contributed by atoms with E-state index >= 15 is 0 Å². The fraction of sp³-hybridized carbons (Fsp3) is 0.927. The average Bonchev–Trinajstić information content (AvgIpc) is 3.36. The summed E-state index contributed by atoms with van der Waals surface area (Å²) in [6.07, 6.45) is 30.0. The van der Waals surface area contributed by atoms with Crippen LogP contribution in [0.5, 0.6) is 0 Å². The van der Waals surface area contributed by atoms with E-state index in [-0.39, 0.29) is 25.7 Å². The van der Waals surface area contributed by atoms with E-state index < -0.39 is 97.5 Å². The van der Waals surface area contributed by atoms with Gasteiger partial charge in [-0.1, -0.05) is 214 Å². The molecule has 0 spiro atoms. The van der Waals surface area contributed by atoms with E-state index in [0.717, 1.165) is 116 Å². The molecule has 2 unspecified atom stereocenters. The van der Waals surface area contributed by atoms with Gasteiger partial charge in [0.05, 0.1) is 26.4 Å². The fourth-order valence-corrected chi connectivity index (χ4v) is 9.57. The number of rotatable bonds is 55. The maximum absolute atomic E-state index is 12.9. The molecular formula is C55H106O17P2. The molecule has 0 aliphatic rings. The quantitative estimate of drug-likeness (QED) is 0.0222. The molecule has 0 aliphatic carbocycles. The Labute approximate surface area is 447 Å². The third kappa shape index (κ3) is 49.6. The van der Waals surface area contributed by atoms with Gasteiger partial charge in [-0.2, -0.15) is 0 Å². The van der Waals surface area contributed by atoms with E-state index in [4.69, 9.17) is 37.0 Å². The van der Waals surface area contributed by atoms with Gasteiger partial charge in [-0.05, 0) is 31.6 Å². The molecule has 0 aliphatic heterocycles. The second-order valence-corrected chi connectivity index (χ2v) is 23.4. The van der Waals surface area contributed by atoms with Crippen molar-refractivity contribution in [2.45, 2.75) is 284 Å². The van der Waals surface area contributed by atoms with Crippen molar-refractivity contribution in [3.8, 4) is 0 Å². The molecule has 0 saturated carbocycles. The Morgan fingerprint density at radius 3 is 0.919 bits per heavy atom. The highest BCUT2D eigenvalue weighted by atomic mass is 31.2. The number of hydrogen-bond donors (Lipinski definition) is 3. The summed E-state index contributed by atoms with van der Waals surface area (Å²) in [6.45, 7) is 6.91. The predicted octanol–water partition coefficient (Wildman–Crippen LogP) is 14.3. The third-order valence-electron chi connectivity index (χ3n) is 12.5. The predicted molar refractivity (Wildman–Crippen MR) is 289 cm³/mol. The number of aliphatic hydroxyl groups is 1. The number of carbonyl (C=O) groups is 4. The van der Waals surface area contributed by atoms with Gasteiger partial charge in [-0.25, -0.2) is 9.13 Å². The Morgan fingerprint density at radius 2 is 0.622 bits per heavy atom. The standard InChI is InChI=1S/C55H106O17P2/c1-6-9-12-15-17-18-19-20-21-22-24-31-36-41-55(60)72-51(45-66-53(58)39-34-29-26-25-28-32-37-48(4)5)47-70-74(63,64)68-43-49(56)42-67-73(61,62)69-46-50(44-65-52(57)38-33-27-14-11-8-3)71-54(59)40-35-30-23-16-13-10-7-2/h48-51,56H,6-47H2,1-5H3,(H,61,62)(H,63,64)/t49-,50+,51+/m0/s1. The molecule has 0 amide bonds. The molecule has 438 valence electrons. The molecule has 0 aromatic rings. The molecule has 0 fully saturated rings. The van der Waals surface area contributed by atoms with E-state index in [1.165, 1.54) is 64.2 Å². The zero-order valence-electron chi connectivity index (χ0n) is 47.0. The molecule has 0 aromatic carbocycles. The van der Waals surface area contributed by atoms with Gasteiger partial charge < -0.3 is 33.8 Å². The van der Waals surface area contributed by atoms with Gasteiger partial charge in [0.25, 0.3) is 0 Å². The van der Waals surface area contributed by atoms with Crippen molar-refractivity contribution in [1.29, 1.82) is 0 Å². The van der Waals surface area contributed by atoms with Crippen LogP contribution in [-0.4, -0.2) is 96.7 Å². The summed E-state index contributed by atoms with van der Waals surface area (Å²) in [6, 6.07) is 0. The average molecular weight is 1100 g/mol. The summed E-state index contributed by atoms with van der Waals surface area (Å²) in [5, 5.41) is 10.4. The maximum Gasteiger partial charge on any atom is 0.472 e. The molecule has 0 rings (SSSR count). The fourth-order valence-electron chi connectivity index (χ4n) is 7.99. The summed E-state index contributed by atoms with van der Waals surface area (Å²) in [5.74, 6) is -1.48. The second kappa shape index (κ2) is 49.4. The molecule has 74 heavy (non-hydrogen) atoms. The maximum atomic E-state index is 12.9. The first-order valence-corrected chi connectivity index (χ1v) is 32.1. The highest BCUT2D eigenvalue weighted by molar-refractivity contribution is 7.47. The molecular weight excluding hydrogens is 995 g/mol. The van der Waals surface area contributed by atoms with Crippen molar-refractivity contribution in [2.75, 3.05) is 39.6 Å². The Morgan fingerprint density at radius 1 is 0.365 bits per heavy atom. The number of phosphoric ester groups is 2. The van der Waals surface area contributed by atoms with E-state index in [2.05, 4.69) is 34.6 Å². The second-order valence-electron chi connectivity index (χ2n) is 20.4. The molecule has 19 heteroatoms. The third-order valence-corrected chi connectivity index (χ3v) is 14.4. The molecule has 0 saturated heterocycles. The number of phosphoric acid groups is 2. The largest absolute Gasteiger partial charge is 0.472 e. The van der Waals surface area contributed by atoms with Crippen LogP contribution >= 0.6 is 15.6 Å². The van der Waals surface area contributed by atoms with E-state index in [0.29, 0.717) is 31.6 Å². The van der Waals surface area contributed by atoms with Gasteiger partial charge in [-0.15, -0.1) is 0 Å². The van der Waals surface area contributed by atoms with Crippen LogP contribution in [0.25, 0.3) is 0 Å². The Kier molecular flexibility index (Phi) is 48.1. The first-order valence-electron chi connectivity index (χ1n) is 29.1. The van der Waals surface area contributed by atoms with Crippen LogP contribution in [0.1, 0.15) is 266 Å². The molecule has 0 bridgehead atoms. The van der Waals surface area contributed by atoms with Gasteiger partial charge in [0.2, 0.25) is 0 Å². The van der Waals surface area contributed by atoms with Crippen molar-refractivity contribution in [1.82, 2.24) is 0 Å². The van der Waals surface area contributed by atoms with E-state index in [1.54, 1.807) is 0 Å². The van der Waals surface area contributed by atoms with Crippen LogP contribution < -0.4 is 0 Å². The zero-order chi connectivity index (χ0) is 55.0. The highest BCUT2D eigenvalue weighted by Gasteiger charge is 2.30. The number of hydrogen-bond acceptors (Lipinski definition) is 15. The van der Waals surface area contributed by atoms with Crippen LogP contribution in [0.4, 0.5) is 0 Å². The van der Waals surface area contributed by atoms with Crippen molar-refractivity contribution in [2.24, 2.45) is 5.92 Å². The molecule has 0 radical (unpaired) electrons. The van der Waals surface area contributed by atoms with Gasteiger partial charge >= 0.3 is 39.5 Å². The summed E-state index contributed by atoms with van der Waals surface area (Å²) in [7, 11) is -9.85. The first kappa shape index (κ1) is 72.1. The summed E-state index contributed by atoms with van der Waals surface area (Å²) in [4.78, 5) is 71.4. The molecule has 17 nitrogen and oxygen atoms in total. The smallest absolute Gasteiger partial charge is 0.462 e. The van der Waals surface area contributed by atoms with Crippen molar-refractivity contribution < 1.29 is 80.2 Å². The van der Waals surface area contributed by atoms with Gasteiger partial charge in [0, 0.05) is 25.7 Å². The Balaban J connectivity index is 5.16. The summed E-state index contributed by atoms with van der Waals surface area (Å²) < 4.78 is 67.3. The summed E-state index contributed by atoms with van der Waals surface area (Å²) in [5.41, 5.74) is 0. The Bertz CT molecular complexity index is 1470. The Hall–Kier alpha value is -1.94. The van der Waals surface area contributed by atoms with Gasteiger partial charge in [0.1, 0.15) is 19.3 Å². The SMILES string of the molecule is CCCCCCCCCCCCCCCC(=O)O[C@H](COC(=O)CCCCCCCCC(C)C)COP(=O)(O)OC[C@@H](O)COP(=O)(O)OC[C@@H](COC(=O)CCCCCCC)OC(=O)CCCCCCCCC. The highest BCUT2D eigenvalue weighted by Crippen LogP contribution is 2.45. The van der Waals surface area contributed by atoms with Crippen LogP contribution in [0.2, 0.25) is 0 Å². The lowest BCUT2D eigenvalue weighted by atomic mass is 10.0. The minimum absolute atomic E-state index is 0.103. The molecule has 3 N–H and O–H groups in total. The number of esters is 4. The topological polar surface area (TPSA) is 237 Å². The van der Waals surface area contributed by atoms with Crippen LogP contribution in [0, 0.1) is 5.92 Å². The number of unbranched alkanes of at least 4 members (excludes halogenated alkanes) is 27. The normalized spacial score (nSPS) is 14.5. The lowest BCUT2D eigenvalue weighted by Gasteiger charge is -2.21. The number of aliphatic hydroxyl groups excluding tert-OH is 1. The van der Waals surface area contributed by atoms with E-state index in [9.17, 15) is 43.2 Å². The van der Waals surface area contributed by atoms with Crippen LogP contribution in [0.15, 0.2) is 0 Å². The molecule has 0 aromatic heterocycles. The number of carbonyl (C=O) groups excluding carboxylic acids is 4. The molecule has 5 atom stereocenters. The zero-order valence-corrected chi connectivity index (χ0v) is 48.7.